The first kappa shape index (κ1) is 21.6. The van der Waals surface area contributed by atoms with Crippen molar-refractivity contribution in [2.24, 2.45) is 0 Å². The van der Waals surface area contributed by atoms with Gasteiger partial charge in [0.25, 0.3) is 0 Å². The quantitative estimate of drug-likeness (QED) is 0.319. The predicted molar refractivity (Wildman–Crippen MR) is 120 cm³/mol. The van der Waals surface area contributed by atoms with E-state index >= 15 is 0 Å². The molecule has 31 heavy (non-hydrogen) atoms. The summed E-state index contributed by atoms with van der Waals surface area (Å²) < 4.78 is 10.4. The number of phenols is 1. The van der Waals surface area contributed by atoms with Crippen molar-refractivity contribution in [1.82, 2.24) is 0 Å². The van der Waals surface area contributed by atoms with Gasteiger partial charge in [-0.25, -0.2) is 9.59 Å². The average Bonchev–Trinajstić information content (AvgIpc) is 2.74. The lowest BCUT2D eigenvalue weighted by Gasteiger charge is -2.10. The zero-order chi connectivity index (χ0) is 22.5. The van der Waals surface area contributed by atoms with Gasteiger partial charge in [0.15, 0.2) is 0 Å². The molecule has 0 aliphatic carbocycles. The van der Waals surface area contributed by atoms with E-state index < -0.39 is 11.9 Å². The second-order valence-corrected chi connectivity index (χ2v) is 7.12. The summed E-state index contributed by atoms with van der Waals surface area (Å²) in [6, 6.07) is 19.2. The van der Waals surface area contributed by atoms with E-state index in [2.05, 4.69) is 13.2 Å². The van der Waals surface area contributed by atoms with Gasteiger partial charge >= 0.3 is 11.9 Å². The molecule has 0 bridgehead atoms. The van der Waals surface area contributed by atoms with E-state index in [1.54, 1.807) is 68.4 Å². The Morgan fingerprint density at radius 3 is 1.52 bits per heavy atom. The second kappa shape index (κ2) is 9.13. The van der Waals surface area contributed by atoms with Gasteiger partial charge in [0.2, 0.25) is 0 Å². The molecule has 0 heterocycles. The molecule has 3 aromatic carbocycles. The molecule has 0 aromatic heterocycles. The van der Waals surface area contributed by atoms with Crippen LogP contribution in [0.15, 0.2) is 91.0 Å². The van der Waals surface area contributed by atoms with Gasteiger partial charge in [-0.15, -0.1) is 0 Å². The summed E-state index contributed by atoms with van der Waals surface area (Å²) in [5.74, 6) is -0.0252. The summed E-state index contributed by atoms with van der Waals surface area (Å²) in [5, 5.41) is 10.6. The van der Waals surface area contributed by atoms with E-state index in [-0.39, 0.29) is 5.75 Å². The van der Waals surface area contributed by atoms with Crippen molar-refractivity contribution in [3.8, 4) is 39.5 Å². The molecule has 0 fully saturated rings. The summed E-state index contributed by atoms with van der Waals surface area (Å²) >= 11 is 0. The molecular formula is C26H22O5. The van der Waals surface area contributed by atoms with Crippen LogP contribution in [-0.4, -0.2) is 17.0 Å². The number of phenolic OH excluding ortho intramolecular Hbond substituents is 1. The maximum Gasteiger partial charge on any atom is 0.338 e. The van der Waals surface area contributed by atoms with Crippen molar-refractivity contribution in [2.75, 3.05) is 0 Å². The molecule has 0 amide bonds. The van der Waals surface area contributed by atoms with Gasteiger partial charge in [0.1, 0.15) is 17.2 Å². The normalized spacial score (nSPS) is 10.3. The van der Waals surface area contributed by atoms with Gasteiger partial charge in [-0.2, -0.15) is 0 Å². The zero-order valence-electron chi connectivity index (χ0n) is 17.3. The molecule has 0 aliphatic heterocycles. The number of esters is 2. The Morgan fingerprint density at radius 1 is 0.677 bits per heavy atom. The molecule has 0 atom stereocenters. The van der Waals surface area contributed by atoms with Crippen molar-refractivity contribution >= 4 is 11.9 Å². The number of carbonyl (C=O) groups excluding carboxylic acids is 2. The standard InChI is InChI=1S/C26H22O5/c1-16(2)25(28)30-21-10-5-18(6-11-21)20-9-14-23(24(27)15-20)19-7-12-22(13-8-19)31-26(29)17(3)4/h5-15,27H,1,3H2,2,4H3. The lowest BCUT2D eigenvalue weighted by atomic mass is 9.99. The molecule has 1 N–H and O–H groups in total. The van der Waals surface area contributed by atoms with Crippen molar-refractivity contribution in [3.63, 3.8) is 0 Å². The van der Waals surface area contributed by atoms with Gasteiger partial charge in [-0.1, -0.05) is 49.6 Å². The lowest BCUT2D eigenvalue weighted by molar-refractivity contribution is -0.130. The molecule has 0 spiro atoms. The highest BCUT2D eigenvalue weighted by atomic mass is 16.5. The molecule has 156 valence electrons. The van der Waals surface area contributed by atoms with Gasteiger partial charge in [-0.05, 0) is 60.9 Å². The van der Waals surface area contributed by atoms with E-state index in [4.69, 9.17) is 9.47 Å². The third-order valence-corrected chi connectivity index (χ3v) is 4.47. The number of benzene rings is 3. The van der Waals surface area contributed by atoms with Gasteiger partial charge in [-0.3, -0.25) is 0 Å². The van der Waals surface area contributed by atoms with E-state index in [0.717, 1.165) is 16.7 Å². The predicted octanol–water partition coefficient (Wildman–Crippen LogP) is 5.69. The van der Waals surface area contributed by atoms with E-state index in [0.29, 0.717) is 28.2 Å². The molecule has 5 nitrogen and oxygen atoms in total. The Bertz CT molecular complexity index is 1160. The number of hydrogen-bond acceptors (Lipinski definition) is 5. The average molecular weight is 414 g/mol. The first-order valence-electron chi connectivity index (χ1n) is 9.54. The summed E-state index contributed by atoms with van der Waals surface area (Å²) in [4.78, 5) is 23.2. The largest absolute Gasteiger partial charge is 0.507 e. The number of rotatable bonds is 6. The van der Waals surface area contributed by atoms with Crippen LogP contribution >= 0.6 is 0 Å². The molecule has 0 saturated heterocycles. The van der Waals surface area contributed by atoms with Crippen LogP contribution in [-0.2, 0) is 9.59 Å². The van der Waals surface area contributed by atoms with Crippen LogP contribution in [0.5, 0.6) is 17.2 Å². The van der Waals surface area contributed by atoms with Crippen LogP contribution in [0.25, 0.3) is 22.3 Å². The highest BCUT2D eigenvalue weighted by molar-refractivity contribution is 5.89. The molecule has 3 aromatic rings. The van der Waals surface area contributed by atoms with Gasteiger partial charge in [0, 0.05) is 16.7 Å². The van der Waals surface area contributed by atoms with Gasteiger partial charge < -0.3 is 14.6 Å². The summed E-state index contributed by atoms with van der Waals surface area (Å²) in [7, 11) is 0. The summed E-state index contributed by atoms with van der Waals surface area (Å²) in [6.45, 7) is 10.3. The monoisotopic (exact) mass is 414 g/mol. The van der Waals surface area contributed by atoms with Crippen LogP contribution in [0.4, 0.5) is 0 Å². The summed E-state index contributed by atoms with van der Waals surface area (Å²) in [5.41, 5.74) is 3.74. The Balaban J connectivity index is 1.77. The minimum Gasteiger partial charge on any atom is -0.507 e. The van der Waals surface area contributed by atoms with Crippen molar-refractivity contribution < 1.29 is 24.2 Å². The van der Waals surface area contributed by atoms with Crippen molar-refractivity contribution in [1.29, 1.82) is 0 Å². The number of carbonyl (C=O) groups is 2. The molecule has 0 aliphatic rings. The maximum absolute atomic E-state index is 11.6. The third kappa shape index (κ3) is 5.28. The molecule has 0 saturated carbocycles. The number of hydrogen-bond donors (Lipinski definition) is 1. The highest BCUT2D eigenvalue weighted by Gasteiger charge is 2.10. The van der Waals surface area contributed by atoms with E-state index in [1.165, 1.54) is 0 Å². The highest BCUT2D eigenvalue weighted by Crippen LogP contribution is 2.34. The minimum absolute atomic E-state index is 0.113. The van der Waals surface area contributed by atoms with E-state index in [1.807, 2.05) is 12.1 Å². The van der Waals surface area contributed by atoms with Crippen molar-refractivity contribution in [3.05, 3.63) is 91.0 Å². The fourth-order valence-electron chi connectivity index (χ4n) is 2.76. The third-order valence-electron chi connectivity index (χ3n) is 4.47. The van der Waals surface area contributed by atoms with Crippen LogP contribution in [0.1, 0.15) is 13.8 Å². The van der Waals surface area contributed by atoms with Crippen LogP contribution in [0, 0.1) is 0 Å². The Morgan fingerprint density at radius 2 is 1.10 bits per heavy atom. The number of aromatic hydroxyl groups is 1. The first-order valence-corrected chi connectivity index (χ1v) is 9.54. The topological polar surface area (TPSA) is 72.8 Å². The summed E-state index contributed by atoms with van der Waals surface area (Å²) in [6.07, 6.45) is 0. The minimum atomic E-state index is -0.486. The fraction of sp³-hybridized carbons (Fsp3) is 0.0769. The Hall–Kier alpha value is -4.12. The fourth-order valence-corrected chi connectivity index (χ4v) is 2.76. The zero-order valence-corrected chi connectivity index (χ0v) is 17.3. The molecule has 3 rings (SSSR count). The van der Waals surface area contributed by atoms with Crippen LogP contribution in [0.2, 0.25) is 0 Å². The SMILES string of the molecule is C=C(C)C(=O)Oc1ccc(-c2ccc(-c3ccc(OC(=O)C(=C)C)cc3)c(O)c2)cc1. The maximum atomic E-state index is 11.6. The molecule has 5 heteroatoms. The molecule has 0 radical (unpaired) electrons. The second-order valence-electron chi connectivity index (χ2n) is 7.12. The van der Waals surface area contributed by atoms with E-state index in [9.17, 15) is 14.7 Å². The van der Waals surface area contributed by atoms with Crippen LogP contribution in [0.3, 0.4) is 0 Å². The smallest absolute Gasteiger partial charge is 0.338 e. The number of ether oxygens (including phenoxy) is 2. The first-order chi connectivity index (χ1) is 14.7. The van der Waals surface area contributed by atoms with Crippen molar-refractivity contribution in [2.45, 2.75) is 13.8 Å². The van der Waals surface area contributed by atoms with Gasteiger partial charge in [0.05, 0.1) is 0 Å². The lowest BCUT2D eigenvalue weighted by Crippen LogP contribution is -2.07. The molecular weight excluding hydrogens is 392 g/mol. The molecule has 0 unspecified atom stereocenters. The Kier molecular flexibility index (Phi) is 6.36. The van der Waals surface area contributed by atoms with Crippen LogP contribution < -0.4 is 9.47 Å². The Labute approximate surface area is 180 Å².